The number of methoxy groups -OCH3 is 2. The largest absolute Gasteiger partial charge is 0.497 e. The summed E-state index contributed by atoms with van der Waals surface area (Å²) in [6.45, 7) is 4.07. The third-order valence-electron chi connectivity index (χ3n) is 3.84. The number of esters is 1. The van der Waals surface area contributed by atoms with E-state index in [-0.39, 0.29) is 30.0 Å². The molecule has 5 heteroatoms. The zero-order valence-electron chi connectivity index (χ0n) is 13.0. The van der Waals surface area contributed by atoms with Crippen molar-refractivity contribution in [1.82, 2.24) is 5.48 Å². The molecule has 0 radical (unpaired) electrons. The van der Waals surface area contributed by atoms with Crippen molar-refractivity contribution in [3.8, 4) is 5.75 Å². The van der Waals surface area contributed by atoms with Crippen LogP contribution in [0.15, 0.2) is 24.3 Å². The van der Waals surface area contributed by atoms with Crippen molar-refractivity contribution in [2.45, 2.75) is 44.2 Å². The molecular weight excluding hydrogens is 270 g/mol. The monoisotopic (exact) mass is 293 g/mol. The second kappa shape index (κ2) is 6.45. The molecule has 0 aliphatic carbocycles. The Morgan fingerprint density at radius 1 is 1.33 bits per heavy atom. The molecule has 2 rings (SSSR count). The highest BCUT2D eigenvalue weighted by Crippen LogP contribution is 2.36. The van der Waals surface area contributed by atoms with E-state index in [0.29, 0.717) is 0 Å². The van der Waals surface area contributed by atoms with Gasteiger partial charge >= 0.3 is 5.97 Å². The Balaban J connectivity index is 2.21. The lowest BCUT2D eigenvalue weighted by molar-refractivity contribution is -0.157. The van der Waals surface area contributed by atoms with Crippen molar-refractivity contribution in [3.05, 3.63) is 29.8 Å². The Morgan fingerprint density at radius 2 is 2.00 bits per heavy atom. The molecule has 21 heavy (non-hydrogen) atoms. The van der Waals surface area contributed by atoms with E-state index in [1.807, 2.05) is 38.1 Å². The number of carbonyl (C=O) groups excluding carboxylic acids is 1. The van der Waals surface area contributed by atoms with Crippen LogP contribution >= 0.6 is 0 Å². The summed E-state index contributed by atoms with van der Waals surface area (Å²) in [4.78, 5) is 17.2. The third-order valence-corrected chi connectivity index (χ3v) is 3.84. The van der Waals surface area contributed by atoms with E-state index in [9.17, 15) is 4.79 Å². The molecule has 1 saturated heterocycles. The van der Waals surface area contributed by atoms with Crippen LogP contribution in [-0.2, 0) is 14.4 Å². The van der Waals surface area contributed by atoms with Crippen LogP contribution in [0.4, 0.5) is 0 Å². The van der Waals surface area contributed by atoms with Gasteiger partial charge in [0, 0.05) is 12.0 Å². The average molecular weight is 293 g/mol. The van der Waals surface area contributed by atoms with E-state index < -0.39 is 0 Å². The van der Waals surface area contributed by atoms with Crippen molar-refractivity contribution < 1.29 is 19.1 Å². The average Bonchev–Trinajstić information content (AvgIpc) is 2.48. The Kier molecular flexibility index (Phi) is 4.85. The zero-order chi connectivity index (χ0) is 15.5. The van der Waals surface area contributed by atoms with Gasteiger partial charge < -0.3 is 9.47 Å². The highest BCUT2D eigenvalue weighted by Gasteiger charge is 2.37. The molecule has 1 aliphatic rings. The first-order valence-corrected chi connectivity index (χ1v) is 7.09. The van der Waals surface area contributed by atoms with Crippen LogP contribution in [0.3, 0.4) is 0 Å². The predicted molar refractivity (Wildman–Crippen MR) is 79.1 cm³/mol. The van der Waals surface area contributed by atoms with Gasteiger partial charge in [-0.1, -0.05) is 12.1 Å². The molecule has 2 atom stereocenters. The number of benzene rings is 1. The van der Waals surface area contributed by atoms with Crippen molar-refractivity contribution in [2.24, 2.45) is 0 Å². The lowest BCUT2D eigenvalue weighted by atomic mass is 9.80. The van der Waals surface area contributed by atoms with Gasteiger partial charge in [0.2, 0.25) is 0 Å². The molecule has 0 spiro atoms. The normalized spacial score (nSPS) is 24.4. The Labute approximate surface area is 125 Å². The van der Waals surface area contributed by atoms with Crippen LogP contribution in [0.2, 0.25) is 0 Å². The highest BCUT2D eigenvalue weighted by atomic mass is 16.7. The van der Waals surface area contributed by atoms with Crippen LogP contribution in [0.5, 0.6) is 5.75 Å². The minimum atomic E-state index is -0.281. The minimum absolute atomic E-state index is 0.0983. The van der Waals surface area contributed by atoms with Crippen molar-refractivity contribution >= 4 is 5.97 Å². The van der Waals surface area contributed by atoms with E-state index in [1.165, 1.54) is 7.11 Å². The van der Waals surface area contributed by atoms with E-state index in [4.69, 9.17) is 14.3 Å². The molecule has 0 saturated carbocycles. The Morgan fingerprint density at radius 3 is 2.57 bits per heavy atom. The maximum Gasteiger partial charge on any atom is 0.307 e. The second-order valence-corrected chi connectivity index (χ2v) is 5.95. The Hall–Kier alpha value is -1.59. The molecule has 5 nitrogen and oxygen atoms in total. The van der Waals surface area contributed by atoms with Crippen LogP contribution in [0.1, 0.15) is 38.2 Å². The third kappa shape index (κ3) is 3.95. The fourth-order valence-corrected chi connectivity index (χ4v) is 2.68. The molecule has 1 aromatic carbocycles. The van der Waals surface area contributed by atoms with E-state index in [2.05, 4.69) is 5.48 Å². The number of hydroxylamine groups is 1. The van der Waals surface area contributed by atoms with E-state index in [0.717, 1.165) is 17.7 Å². The molecule has 1 heterocycles. The standard InChI is InChI=1S/C16H23NO4/c1-16(2)10-13(11-5-7-12(19-3)8-6-11)14(17-21-16)9-15(18)20-4/h5-8,13-14,17H,9-10H2,1-4H3/t13-,14-/m0/s1. The first-order chi connectivity index (χ1) is 9.95. The van der Waals surface area contributed by atoms with Crippen molar-refractivity contribution in [3.63, 3.8) is 0 Å². The fraction of sp³-hybridized carbons (Fsp3) is 0.562. The maximum atomic E-state index is 11.6. The van der Waals surface area contributed by atoms with E-state index in [1.54, 1.807) is 7.11 Å². The summed E-state index contributed by atoms with van der Waals surface area (Å²) in [6.07, 6.45) is 1.11. The lowest BCUT2D eigenvalue weighted by Gasteiger charge is -2.41. The molecule has 116 valence electrons. The number of ether oxygens (including phenoxy) is 2. The van der Waals surface area contributed by atoms with Crippen molar-refractivity contribution in [2.75, 3.05) is 14.2 Å². The van der Waals surface area contributed by atoms with Crippen LogP contribution in [0, 0.1) is 0 Å². The minimum Gasteiger partial charge on any atom is -0.497 e. The molecule has 1 fully saturated rings. The topological polar surface area (TPSA) is 56.8 Å². The van der Waals surface area contributed by atoms with Crippen molar-refractivity contribution in [1.29, 1.82) is 0 Å². The molecule has 0 bridgehead atoms. The fourth-order valence-electron chi connectivity index (χ4n) is 2.68. The van der Waals surface area contributed by atoms with Gasteiger partial charge in [0.15, 0.2) is 0 Å². The van der Waals surface area contributed by atoms with Gasteiger partial charge in [0.25, 0.3) is 0 Å². The molecule has 0 unspecified atom stereocenters. The lowest BCUT2D eigenvalue weighted by Crippen LogP contribution is -2.50. The van der Waals surface area contributed by atoms with Gasteiger partial charge in [-0.25, -0.2) is 0 Å². The van der Waals surface area contributed by atoms with Gasteiger partial charge in [0.1, 0.15) is 5.75 Å². The molecule has 1 aromatic rings. The van der Waals surface area contributed by atoms with Gasteiger partial charge in [-0.15, -0.1) is 0 Å². The summed E-state index contributed by atoms with van der Waals surface area (Å²) in [5, 5.41) is 0. The number of hydrogen-bond donors (Lipinski definition) is 1. The molecule has 0 amide bonds. The Bertz CT molecular complexity index is 484. The SMILES string of the molecule is COC(=O)C[C@@H]1NOC(C)(C)C[C@H]1c1ccc(OC)cc1. The van der Waals surface area contributed by atoms with E-state index >= 15 is 0 Å². The van der Waals surface area contributed by atoms with Gasteiger partial charge in [-0.3, -0.25) is 9.63 Å². The highest BCUT2D eigenvalue weighted by molar-refractivity contribution is 5.70. The first kappa shape index (κ1) is 15.8. The second-order valence-electron chi connectivity index (χ2n) is 5.95. The number of rotatable bonds is 4. The van der Waals surface area contributed by atoms with Gasteiger partial charge in [-0.05, 0) is 38.0 Å². The summed E-state index contributed by atoms with van der Waals surface area (Å²) in [5.41, 5.74) is 3.90. The van der Waals surface area contributed by atoms with Gasteiger partial charge in [-0.2, -0.15) is 5.48 Å². The van der Waals surface area contributed by atoms with Crippen LogP contribution < -0.4 is 10.2 Å². The zero-order valence-corrected chi connectivity index (χ0v) is 13.0. The summed E-state index contributed by atoms with van der Waals surface area (Å²) >= 11 is 0. The number of carbonyl (C=O) groups is 1. The first-order valence-electron chi connectivity index (χ1n) is 7.09. The number of hydrogen-bond acceptors (Lipinski definition) is 5. The summed E-state index contributed by atoms with van der Waals surface area (Å²) < 4.78 is 9.96. The molecule has 1 N–H and O–H groups in total. The van der Waals surface area contributed by atoms with Crippen LogP contribution in [-0.4, -0.2) is 31.8 Å². The smallest absolute Gasteiger partial charge is 0.307 e. The van der Waals surface area contributed by atoms with Gasteiger partial charge in [0.05, 0.1) is 26.2 Å². The molecule has 0 aromatic heterocycles. The van der Waals surface area contributed by atoms with Crippen LogP contribution in [0.25, 0.3) is 0 Å². The molecule has 1 aliphatic heterocycles. The molecular formula is C16H23NO4. The summed E-state index contributed by atoms with van der Waals surface area (Å²) in [5.74, 6) is 0.760. The summed E-state index contributed by atoms with van der Waals surface area (Å²) in [6, 6.07) is 7.85. The quantitative estimate of drug-likeness (QED) is 0.864. The maximum absolute atomic E-state index is 11.6. The number of nitrogens with one attached hydrogen (secondary N) is 1. The predicted octanol–water partition coefficient (Wildman–Crippen LogP) is 2.41. The summed E-state index contributed by atoms with van der Waals surface area (Å²) in [7, 11) is 3.05.